The highest BCUT2D eigenvalue weighted by molar-refractivity contribution is 5.94. The number of hydrogen-bond donors (Lipinski definition) is 3. The normalized spacial score (nSPS) is 10.5. The number of aliphatic hydroxyl groups is 1. The van der Waals surface area contributed by atoms with Gasteiger partial charge in [-0.2, -0.15) is 5.10 Å². The molecule has 78 valence electrons. The lowest BCUT2D eigenvalue weighted by Gasteiger charge is -2.02. The monoisotopic (exact) mass is 205 g/mol. The van der Waals surface area contributed by atoms with Gasteiger partial charge in [-0.25, -0.2) is 0 Å². The molecule has 0 aliphatic rings. The van der Waals surface area contributed by atoms with Crippen LogP contribution in [-0.2, 0) is 4.79 Å². The van der Waals surface area contributed by atoms with E-state index in [4.69, 9.17) is 5.11 Å². The molecule has 15 heavy (non-hydrogen) atoms. The van der Waals surface area contributed by atoms with Gasteiger partial charge in [-0.15, -0.1) is 0 Å². The molecule has 1 aromatic carbocycles. The van der Waals surface area contributed by atoms with E-state index in [1.54, 1.807) is 12.1 Å². The van der Waals surface area contributed by atoms with Crippen LogP contribution in [0.1, 0.15) is 5.69 Å². The van der Waals surface area contributed by atoms with Crippen molar-refractivity contribution < 1.29 is 9.90 Å². The second kappa shape index (κ2) is 3.70. The number of hydrogen-bond acceptors (Lipinski definition) is 3. The van der Waals surface area contributed by atoms with Gasteiger partial charge in [-0.3, -0.25) is 9.89 Å². The molecule has 0 saturated heterocycles. The van der Waals surface area contributed by atoms with Crippen molar-refractivity contribution in [3.05, 3.63) is 23.9 Å². The molecule has 0 saturated carbocycles. The van der Waals surface area contributed by atoms with E-state index in [0.717, 1.165) is 16.6 Å². The summed E-state index contributed by atoms with van der Waals surface area (Å²) in [5.74, 6) is -0.429. The van der Waals surface area contributed by atoms with Crippen molar-refractivity contribution in [2.45, 2.75) is 6.92 Å². The summed E-state index contributed by atoms with van der Waals surface area (Å²) >= 11 is 0. The van der Waals surface area contributed by atoms with Gasteiger partial charge < -0.3 is 10.4 Å². The first-order chi connectivity index (χ1) is 7.20. The highest BCUT2D eigenvalue weighted by Gasteiger charge is 2.04. The number of anilines is 1. The topological polar surface area (TPSA) is 78.0 Å². The van der Waals surface area contributed by atoms with Gasteiger partial charge in [-0.05, 0) is 25.1 Å². The first kappa shape index (κ1) is 9.67. The summed E-state index contributed by atoms with van der Waals surface area (Å²) in [5, 5.41) is 19.1. The Bertz CT molecular complexity index is 504. The maximum atomic E-state index is 10.9. The Morgan fingerprint density at radius 2 is 2.40 bits per heavy atom. The van der Waals surface area contributed by atoms with Crippen molar-refractivity contribution in [1.82, 2.24) is 10.2 Å². The SMILES string of the molecule is Cc1[nH]nc2cc(NC(=O)CO)ccc12. The molecule has 2 aromatic rings. The number of aliphatic hydroxyl groups excluding tert-OH is 1. The molecule has 0 radical (unpaired) electrons. The van der Waals surface area contributed by atoms with Gasteiger partial charge in [0.25, 0.3) is 0 Å². The summed E-state index contributed by atoms with van der Waals surface area (Å²) in [4.78, 5) is 10.9. The molecule has 0 spiro atoms. The van der Waals surface area contributed by atoms with Crippen LogP contribution in [0.4, 0.5) is 5.69 Å². The Labute approximate surface area is 86.1 Å². The molecule has 1 heterocycles. The molecule has 0 fully saturated rings. The maximum absolute atomic E-state index is 10.9. The third kappa shape index (κ3) is 1.82. The van der Waals surface area contributed by atoms with E-state index < -0.39 is 12.5 Å². The summed E-state index contributed by atoms with van der Waals surface area (Å²) in [6, 6.07) is 5.41. The fraction of sp³-hybridized carbons (Fsp3) is 0.200. The molecular formula is C10H11N3O2. The van der Waals surface area contributed by atoms with Crippen LogP contribution in [0.15, 0.2) is 18.2 Å². The fourth-order valence-electron chi connectivity index (χ4n) is 1.42. The molecule has 2 rings (SSSR count). The molecule has 5 nitrogen and oxygen atoms in total. The van der Waals surface area contributed by atoms with Gasteiger partial charge in [-0.1, -0.05) is 0 Å². The zero-order valence-corrected chi connectivity index (χ0v) is 8.24. The van der Waals surface area contributed by atoms with Crippen LogP contribution >= 0.6 is 0 Å². The molecular weight excluding hydrogens is 194 g/mol. The number of fused-ring (bicyclic) bond motifs is 1. The average Bonchev–Trinajstić information content (AvgIpc) is 2.60. The largest absolute Gasteiger partial charge is 0.387 e. The summed E-state index contributed by atoms with van der Waals surface area (Å²) < 4.78 is 0. The number of H-pyrrole nitrogens is 1. The summed E-state index contributed by atoms with van der Waals surface area (Å²) in [7, 11) is 0. The minimum absolute atomic E-state index is 0.429. The summed E-state index contributed by atoms with van der Waals surface area (Å²) in [6.07, 6.45) is 0. The number of rotatable bonds is 2. The Hall–Kier alpha value is -1.88. The number of aryl methyl sites for hydroxylation is 1. The van der Waals surface area contributed by atoms with Gasteiger partial charge in [0, 0.05) is 16.8 Å². The Morgan fingerprint density at radius 3 is 3.13 bits per heavy atom. The number of carbonyl (C=O) groups excluding carboxylic acids is 1. The van der Waals surface area contributed by atoms with Crippen molar-refractivity contribution in [2.75, 3.05) is 11.9 Å². The van der Waals surface area contributed by atoms with E-state index in [1.807, 2.05) is 13.0 Å². The molecule has 0 aliphatic heterocycles. The lowest BCUT2D eigenvalue weighted by atomic mass is 10.2. The number of nitrogens with zero attached hydrogens (tertiary/aromatic N) is 1. The summed E-state index contributed by atoms with van der Waals surface area (Å²) in [5.41, 5.74) is 2.42. The van der Waals surface area contributed by atoms with Gasteiger partial charge in [0.15, 0.2) is 0 Å². The van der Waals surface area contributed by atoms with Crippen LogP contribution in [0.5, 0.6) is 0 Å². The summed E-state index contributed by atoms with van der Waals surface area (Å²) in [6.45, 7) is 1.42. The fourth-order valence-corrected chi connectivity index (χ4v) is 1.42. The van der Waals surface area contributed by atoms with Gasteiger partial charge in [0.05, 0.1) is 5.52 Å². The van der Waals surface area contributed by atoms with Crippen LogP contribution in [0.25, 0.3) is 10.9 Å². The van der Waals surface area contributed by atoms with Crippen LogP contribution in [-0.4, -0.2) is 27.8 Å². The number of amides is 1. The number of benzene rings is 1. The molecule has 1 amide bonds. The van der Waals surface area contributed by atoms with Gasteiger partial charge >= 0.3 is 0 Å². The highest BCUT2D eigenvalue weighted by atomic mass is 16.3. The molecule has 0 bridgehead atoms. The van der Waals surface area contributed by atoms with Crippen molar-refractivity contribution >= 4 is 22.5 Å². The second-order valence-electron chi connectivity index (χ2n) is 3.29. The van der Waals surface area contributed by atoms with Crippen molar-refractivity contribution in [3.63, 3.8) is 0 Å². The molecule has 0 atom stereocenters. The van der Waals surface area contributed by atoms with Crippen molar-refractivity contribution in [1.29, 1.82) is 0 Å². The Kier molecular flexibility index (Phi) is 2.39. The van der Waals surface area contributed by atoms with Crippen LogP contribution in [0.3, 0.4) is 0 Å². The third-order valence-electron chi connectivity index (χ3n) is 2.17. The highest BCUT2D eigenvalue weighted by Crippen LogP contribution is 2.19. The predicted octanol–water partition coefficient (Wildman–Crippen LogP) is 0.802. The first-order valence-corrected chi connectivity index (χ1v) is 4.56. The number of aromatic nitrogens is 2. The number of nitrogens with one attached hydrogen (secondary N) is 2. The van der Waals surface area contributed by atoms with E-state index in [-0.39, 0.29) is 0 Å². The third-order valence-corrected chi connectivity index (χ3v) is 2.17. The Balaban J connectivity index is 2.35. The first-order valence-electron chi connectivity index (χ1n) is 4.56. The van der Waals surface area contributed by atoms with Gasteiger partial charge in [0.2, 0.25) is 5.91 Å². The lowest BCUT2D eigenvalue weighted by Crippen LogP contribution is -2.15. The zero-order chi connectivity index (χ0) is 10.8. The lowest BCUT2D eigenvalue weighted by molar-refractivity contribution is -0.118. The van der Waals surface area contributed by atoms with E-state index in [9.17, 15) is 4.79 Å². The Morgan fingerprint density at radius 1 is 1.60 bits per heavy atom. The van der Waals surface area contributed by atoms with E-state index in [1.165, 1.54) is 0 Å². The van der Waals surface area contributed by atoms with Gasteiger partial charge in [0.1, 0.15) is 6.61 Å². The molecule has 1 aromatic heterocycles. The standard InChI is InChI=1S/C10H11N3O2/c1-6-8-3-2-7(11-10(15)5-14)4-9(8)13-12-6/h2-4,14H,5H2,1H3,(H,11,15)(H,12,13). The number of carbonyl (C=O) groups is 1. The second-order valence-corrected chi connectivity index (χ2v) is 3.29. The van der Waals surface area contributed by atoms with Crippen LogP contribution < -0.4 is 5.32 Å². The van der Waals surface area contributed by atoms with Crippen molar-refractivity contribution in [3.8, 4) is 0 Å². The smallest absolute Gasteiger partial charge is 0.250 e. The maximum Gasteiger partial charge on any atom is 0.250 e. The van der Waals surface area contributed by atoms with E-state index in [0.29, 0.717) is 5.69 Å². The molecule has 0 aliphatic carbocycles. The van der Waals surface area contributed by atoms with Crippen LogP contribution in [0, 0.1) is 6.92 Å². The van der Waals surface area contributed by atoms with E-state index in [2.05, 4.69) is 15.5 Å². The van der Waals surface area contributed by atoms with E-state index >= 15 is 0 Å². The minimum Gasteiger partial charge on any atom is -0.387 e. The van der Waals surface area contributed by atoms with Crippen molar-refractivity contribution in [2.24, 2.45) is 0 Å². The molecule has 0 unspecified atom stereocenters. The molecule has 5 heteroatoms. The zero-order valence-electron chi connectivity index (χ0n) is 8.24. The minimum atomic E-state index is -0.516. The predicted molar refractivity (Wildman–Crippen MR) is 56.5 cm³/mol. The average molecular weight is 205 g/mol. The number of aromatic amines is 1. The quantitative estimate of drug-likeness (QED) is 0.678. The van der Waals surface area contributed by atoms with Crippen LogP contribution in [0.2, 0.25) is 0 Å². The molecule has 3 N–H and O–H groups in total.